The average molecular weight is 673 g/mol. The number of hydrogen-bond donors (Lipinski definition) is 2. The summed E-state index contributed by atoms with van der Waals surface area (Å²) in [4.78, 5) is 27.3. The summed E-state index contributed by atoms with van der Waals surface area (Å²) >= 11 is 6.38. The number of rotatable bonds is 7. The number of sulfonamides is 1. The van der Waals surface area contributed by atoms with Crippen LogP contribution in [-0.2, 0) is 25.2 Å². The highest BCUT2D eigenvalue weighted by Gasteiger charge is 2.72. The summed E-state index contributed by atoms with van der Waals surface area (Å²) in [5.41, 5.74) is -3.22. The van der Waals surface area contributed by atoms with Gasteiger partial charge < -0.3 is 19.9 Å². The van der Waals surface area contributed by atoms with Crippen molar-refractivity contribution in [1.29, 1.82) is 0 Å². The van der Waals surface area contributed by atoms with Gasteiger partial charge in [0.05, 0.1) is 31.0 Å². The first-order valence-electron chi connectivity index (χ1n) is 13.4. The van der Waals surface area contributed by atoms with Crippen molar-refractivity contribution in [3.63, 3.8) is 0 Å². The first-order chi connectivity index (χ1) is 21.0. The van der Waals surface area contributed by atoms with E-state index in [-0.39, 0.29) is 44.9 Å². The number of likely N-dealkylation sites (tertiary alicyclic amines) is 1. The van der Waals surface area contributed by atoms with Gasteiger partial charge in [-0.2, -0.15) is 4.31 Å². The minimum absolute atomic E-state index is 0.00916. The van der Waals surface area contributed by atoms with Crippen LogP contribution in [0.3, 0.4) is 0 Å². The van der Waals surface area contributed by atoms with E-state index in [0.29, 0.717) is 6.07 Å². The fourth-order valence-electron chi connectivity index (χ4n) is 6.53. The molecule has 240 valence electrons. The third-order valence-corrected chi connectivity index (χ3v) is 10.3. The second-order valence-corrected chi connectivity index (χ2v) is 12.9. The van der Waals surface area contributed by atoms with Crippen molar-refractivity contribution < 1.29 is 54.6 Å². The molecular formula is C29H27ClF4N3O7S+. The zero-order valence-corrected chi connectivity index (χ0v) is 25.5. The van der Waals surface area contributed by atoms with Crippen molar-refractivity contribution in [2.75, 3.05) is 32.1 Å². The normalized spacial score (nSPS) is 24.8. The summed E-state index contributed by atoms with van der Waals surface area (Å²) in [5.74, 6) is -4.25. The molecule has 0 bridgehead atoms. The van der Waals surface area contributed by atoms with Gasteiger partial charge in [-0.1, -0.05) is 23.7 Å². The fraction of sp³-hybridized carbons (Fsp3) is 0.310. The number of benzene rings is 3. The predicted octanol–water partition coefficient (Wildman–Crippen LogP) is 3.69. The summed E-state index contributed by atoms with van der Waals surface area (Å²) in [6.45, 7) is -0.316. The van der Waals surface area contributed by atoms with E-state index in [1.807, 2.05) is 0 Å². The lowest BCUT2D eigenvalue weighted by Crippen LogP contribution is -2.69. The minimum atomic E-state index is -5.33. The van der Waals surface area contributed by atoms with Crippen molar-refractivity contribution in [2.45, 2.75) is 35.4 Å². The van der Waals surface area contributed by atoms with E-state index in [4.69, 9.17) is 16.3 Å². The van der Waals surface area contributed by atoms with Gasteiger partial charge in [-0.3, -0.25) is 14.1 Å². The minimum Gasteiger partial charge on any atom is -0.497 e. The van der Waals surface area contributed by atoms with Gasteiger partial charge in [0.1, 0.15) is 29.1 Å². The highest BCUT2D eigenvalue weighted by molar-refractivity contribution is 7.93. The smallest absolute Gasteiger partial charge is 0.497 e. The number of nitrogens with one attached hydrogen (secondary N) is 1. The van der Waals surface area contributed by atoms with Gasteiger partial charge in [0.2, 0.25) is 5.54 Å². The van der Waals surface area contributed by atoms with E-state index in [0.717, 1.165) is 31.4 Å². The lowest BCUT2D eigenvalue weighted by atomic mass is 9.79. The van der Waals surface area contributed by atoms with E-state index >= 15 is 9.18 Å². The third-order valence-electron chi connectivity index (χ3n) is 8.31. The van der Waals surface area contributed by atoms with E-state index in [1.54, 1.807) is 0 Å². The summed E-state index contributed by atoms with van der Waals surface area (Å²) in [5, 5.41) is 13.4. The zero-order chi connectivity index (χ0) is 33.1. The number of fused-ring (bicyclic) bond motifs is 1. The van der Waals surface area contributed by atoms with E-state index in [2.05, 4.69) is 10.1 Å². The Morgan fingerprint density at radius 1 is 1.13 bits per heavy atom. The number of hydrogen-bond acceptors (Lipinski definition) is 7. The molecule has 0 radical (unpaired) electrons. The number of amides is 2. The Kier molecular flexibility index (Phi) is 8.05. The van der Waals surface area contributed by atoms with Gasteiger partial charge in [0, 0.05) is 24.6 Å². The van der Waals surface area contributed by atoms with Crippen LogP contribution in [0.4, 0.5) is 23.2 Å². The number of carbonyl (C=O) groups is 2. The molecular weight excluding hydrogens is 646 g/mol. The van der Waals surface area contributed by atoms with Crippen LogP contribution >= 0.6 is 11.6 Å². The molecule has 1 fully saturated rings. The maximum absolute atomic E-state index is 16.0. The van der Waals surface area contributed by atoms with Crippen LogP contribution < -0.4 is 19.1 Å². The van der Waals surface area contributed by atoms with Crippen LogP contribution in [0.1, 0.15) is 17.5 Å². The number of aliphatic hydroxyl groups is 1. The van der Waals surface area contributed by atoms with Gasteiger partial charge in [-0.25, -0.2) is 12.8 Å². The Morgan fingerprint density at radius 2 is 1.82 bits per heavy atom. The molecule has 0 spiro atoms. The molecule has 1 saturated heterocycles. The Balaban J connectivity index is 1.87. The second kappa shape index (κ2) is 11.2. The SMILES string of the molecule is CNC(=O)[C@@H]1C[C@@H](O)C[N+]1(C)C1(c2ccccc2F)C(=O)N(S(=O)(=O)c2ccc(OC)cc2OC(F)(F)F)c2ccc(Cl)cc21. The monoisotopic (exact) mass is 672 g/mol. The second-order valence-electron chi connectivity index (χ2n) is 10.8. The van der Waals surface area contributed by atoms with Crippen LogP contribution in [0.5, 0.6) is 11.5 Å². The number of likely N-dealkylation sites (N-methyl/N-ethyl adjacent to an activating group) is 2. The van der Waals surface area contributed by atoms with Crippen molar-refractivity contribution >= 4 is 39.1 Å². The van der Waals surface area contributed by atoms with Crippen molar-refractivity contribution in [2.24, 2.45) is 0 Å². The number of carbonyl (C=O) groups excluding carboxylic acids is 2. The lowest BCUT2D eigenvalue weighted by Gasteiger charge is -2.48. The molecule has 2 aliphatic heterocycles. The van der Waals surface area contributed by atoms with Gasteiger partial charge in [0.25, 0.3) is 15.9 Å². The zero-order valence-electron chi connectivity index (χ0n) is 23.9. The first-order valence-corrected chi connectivity index (χ1v) is 15.2. The Labute approximate surface area is 260 Å². The maximum atomic E-state index is 16.0. The Morgan fingerprint density at radius 3 is 2.44 bits per heavy atom. The number of alkyl halides is 3. The van der Waals surface area contributed by atoms with Gasteiger partial charge in [-0.15, -0.1) is 13.2 Å². The molecule has 4 atom stereocenters. The molecule has 0 aliphatic carbocycles. The number of nitrogens with zero attached hydrogens (tertiary/aromatic N) is 2. The number of halogens is 5. The summed E-state index contributed by atoms with van der Waals surface area (Å²) < 4.78 is 93.7. The van der Waals surface area contributed by atoms with Crippen molar-refractivity contribution in [3.05, 3.63) is 82.6 Å². The predicted molar refractivity (Wildman–Crippen MR) is 153 cm³/mol. The fourth-order valence-corrected chi connectivity index (χ4v) is 8.27. The molecule has 3 aromatic carbocycles. The molecule has 45 heavy (non-hydrogen) atoms. The molecule has 2 N–H and O–H groups in total. The largest absolute Gasteiger partial charge is 0.573 e. The Hall–Kier alpha value is -3.92. The molecule has 16 heteroatoms. The topological polar surface area (TPSA) is 122 Å². The van der Waals surface area contributed by atoms with Crippen LogP contribution in [0.25, 0.3) is 0 Å². The third kappa shape index (κ3) is 4.98. The summed E-state index contributed by atoms with van der Waals surface area (Å²) in [6.07, 6.45) is -6.70. The number of ether oxygens (including phenoxy) is 2. The number of quaternary nitrogens is 1. The number of aliphatic hydroxyl groups excluding tert-OH is 1. The molecule has 2 unspecified atom stereocenters. The molecule has 0 saturated carbocycles. The molecule has 2 heterocycles. The van der Waals surface area contributed by atoms with Crippen LogP contribution in [0.15, 0.2) is 65.6 Å². The van der Waals surface area contributed by atoms with E-state index < -0.39 is 66.8 Å². The van der Waals surface area contributed by atoms with Gasteiger partial charge in [0.15, 0.2) is 11.8 Å². The molecule has 5 rings (SSSR count). The van der Waals surface area contributed by atoms with Gasteiger partial charge >= 0.3 is 12.3 Å². The number of methoxy groups -OCH3 is 1. The van der Waals surface area contributed by atoms with Crippen LogP contribution in [0.2, 0.25) is 5.02 Å². The highest BCUT2D eigenvalue weighted by Crippen LogP contribution is 2.57. The van der Waals surface area contributed by atoms with Gasteiger partial charge in [-0.05, 0) is 42.5 Å². The first kappa shape index (κ1) is 32.5. The average Bonchev–Trinajstić information content (AvgIpc) is 3.42. The molecule has 10 nitrogen and oxygen atoms in total. The lowest BCUT2D eigenvalue weighted by molar-refractivity contribution is -0.953. The highest BCUT2D eigenvalue weighted by atomic mass is 35.5. The summed E-state index contributed by atoms with van der Waals surface area (Å²) in [7, 11) is -1.40. The van der Waals surface area contributed by atoms with E-state index in [1.165, 1.54) is 44.4 Å². The molecule has 2 aliphatic rings. The summed E-state index contributed by atoms with van der Waals surface area (Å²) in [6, 6.07) is 10.0. The molecule has 0 aromatic heterocycles. The standard InChI is InChI=1S/C29H26ClF4N3O7S/c1-35-26(39)23-13-17(38)15-37(23,2)28(19-6-4-5-7-21(19)31)20-12-16(30)8-10-22(20)36(27(28)40)45(41,42)25-11-9-18(43-3)14-24(25)44-29(32,33)34/h4-12,14,17,23,38H,13,15H2,1-3H3/p+1/t17-,23+,28?,37?/m1/s1. The Bertz CT molecular complexity index is 1810. The van der Waals surface area contributed by atoms with E-state index in [9.17, 15) is 31.5 Å². The number of anilines is 1. The van der Waals surface area contributed by atoms with Crippen molar-refractivity contribution in [3.8, 4) is 11.5 Å². The molecule has 2 amide bonds. The van der Waals surface area contributed by atoms with Crippen molar-refractivity contribution in [1.82, 2.24) is 5.32 Å². The molecule has 3 aromatic rings. The maximum Gasteiger partial charge on any atom is 0.573 e. The van der Waals surface area contributed by atoms with Crippen LogP contribution in [0, 0.1) is 5.82 Å². The quantitative estimate of drug-likeness (QED) is 0.290. The van der Waals surface area contributed by atoms with Crippen LogP contribution in [-0.4, -0.2) is 76.1 Å².